The van der Waals surface area contributed by atoms with Gasteiger partial charge < -0.3 is 0 Å². The molecule has 0 amide bonds. The molecular formula is C10H9S. The summed E-state index contributed by atoms with van der Waals surface area (Å²) in [5.74, 6) is 1.78. The fraction of sp³-hybridized carbons (Fsp3) is 0.200. The van der Waals surface area contributed by atoms with Crippen LogP contribution in [0.5, 0.6) is 0 Å². The molecule has 0 aromatic heterocycles. The van der Waals surface area contributed by atoms with Crippen molar-refractivity contribution >= 4 is 11.8 Å². The van der Waals surface area contributed by atoms with E-state index in [0.717, 1.165) is 0 Å². The number of benzene rings is 1. The van der Waals surface area contributed by atoms with E-state index in [1.54, 1.807) is 0 Å². The molecule has 1 heteroatoms. The Bertz CT molecular complexity index is 251. The highest BCUT2D eigenvalue weighted by Gasteiger charge is 2.10. The maximum Gasteiger partial charge on any atom is 0.0126 e. The lowest BCUT2D eigenvalue weighted by Crippen LogP contribution is -1.93. The van der Waals surface area contributed by atoms with Gasteiger partial charge in [-0.25, -0.2) is 0 Å². The van der Waals surface area contributed by atoms with Gasteiger partial charge in [-0.1, -0.05) is 30.3 Å². The summed E-state index contributed by atoms with van der Waals surface area (Å²) >= 11 is 1.88. The second-order valence-electron chi connectivity index (χ2n) is 2.59. The Balaban J connectivity index is 2.23. The highest BCUT2D eigenvalue weighted by atomic mass is 32.2. The minimum absolute atomic E-state index is 0.598. The molecule has 1 atom stereocenters. The average molecular weight is 161 g/mol. The molecule has 0 saturated carbocycles. The van der Waals surface area contributed by atoms with Crippen LogP contribution in [0.2, 0.25) is 0 Å². The zero-order valence-electron chi connectivity index (χ0n) is 6.16. The molecule has 55 valence electrons. The van der Waals surface area contributed by atoms with Crippen LogP contribution in [-0.2, 0) is 0 Å². The fourth-order valence-corrected chi connectivity index (χ4v) is 2.11. The third kappa shape index (κ3) is 1.48. The Kier molecular flexibility index (Phi) is 1.99. The maximum atomic E-state index is 3.25. The lowest BCUT2D eigenvalue weighted by Gasteiger charge is -2.04. The van der Waals surface area contributed by atoms with Gasteiger partial charge in [0, 0.05) is 11.7 Å². The van der Waals surface area contributed by atoms with Crippen molar-refractivity contribution in [1.29, 1.82) is 0 Å². The number of allylic oxidation sites excluding steroid dienone is 1. The molecule has 0 aliphatic carbocycles. The zero-order chi connectivity index (χ0) is 7.52. The molecule has 2 rings (SSSR count). The number of hydrogen-bond acceptors (Lipinski definition) is 1. The Morgan fingerprint density at radius 1 is 1.45 bits per heavy atom. The molecule has 0 saturated heterocycles. The average Bonchev–Trinajstić information content (AvgIpc) is 2.58. The molecule has 0 N–H and O–H groups in total. The van der Waals surface area contributed by atoms with E-state index in [0.29, 0.717) is 5.92 Å². The normalized spacial score (nSPS) is 22.4. The smallest absolute Gasteiger partial charge is 0.0126 e. The van der Waals surface area contributed by atoms with Crippen LogP contribution < -0.4 is 0 Å². The molecule has 1 aromatic rings. The Morgan fingerprint density at radius 2 is 2.45 bits per heavy atom. The van der Waals surface area contributed by atoms with E-state index in [9.17, 15) is 0 Å². The van der Waals surface area contributed by atoms with E-state index in [4.69, 9.17) is 0 Å². The lowest BCUT2D eigenvalue weighted by atomic mass is 10.0. The molecule has 0 fully saturated rings. The predicted octanol–water partition coefficient (Wildman–Crippen LogP) is 2.83. The van der Waals surface area contributed by atoms with Crippen LogP contribution in [0.4, 0.5) is 0 Å². The van der Waals surface area contributed by atoms with Crippen LogP contribution in [0.3, 0.4) is 0 Å². The molecule has 1 aromatic carbocycles. The van der Waals surface area contributed by atoms with Gasteiger partial charge in [0.1, 0.15) is 0 Å². The van der Waals surface area contributed by atoms with E-state index in [1.165, 1.54) is 11.3 Å². The van der Waals surface area contributed by atoms with Crippen LogP contribution >= 0.6 is 11.8 Å². The highest BCUT2D eigenvalue weighted by Crippen LogP contribution is 2.28. The number of rotatable bonds is 1. The first-order chi connectivity index (χ1) is 5.47. The molecule has 1 aliphatic heterocycles. The molecule has 0 spiro atoms. The molecule has 1 aliphatic rings. The first-order valence-corrected chi connectivity index (χ1v) is 4.76. The van der Waals surface area contributed by atoms with E-state index in [-0.39, 0.29) is 0 Å². The highest BCUT2D eigenvalue weighted by molar-refractivity contribution is 8.02. The summed E-state index contributed by atoms with van der Waals surface area (Å²) in [7, 11) is 0. The summed E-state index contributed by atoms with van der Waals surface area (Å²) in [6.45, 7) is 0. The summed E-state index contributed by atoms with van der Waals surface area (Å²) in [5, 5.41) is 2.17. The van der Waals surface area contributed by atoms with Gasteiger partial charge in [0.2, 0.25) is 0 Å². The number of thioether (sulfide) groups is 1. The van der Waals surface area contributed by atoms with E-state index < -0.39 is 0 Å². The van der Waals surface area contributed by atoms with Crippen molar-refractivity contribution in [2.24, 2.45) is 0 Å². The van der Waals surface area contributed by atoms with Gasteiger partial charge in [-0.3, -0.25) is 0 Å². The SMILES string of the molecule is [c]1ccccc1C1C=CSC1. The van der Waals surface area contributed by atoms with E-state index >= 15 is 0 Å². The third-order valence-electron chi connectivity index (χ3n) is 1.82. The fourth-order valence-electron chi connectivity index (χ4n) is 1.20. The first kappa shape index (κ1) is 6.99. The van der Waals surface area contributed by atoms with Crippen LogP contribution in [0.15, 0.2) is 35.7 Å². The summed E-state index contributed by atoms with van der Waals surface area (Å²) in [5.41, 5.74) is 1.31. The zero-order valence-corrected chi connectivity index (χ0v) is 6.97. The van der Waals surface area contributed by atoms with Crippen LogP contribution in [0, 0.1) is 6.07 Å². The van der Waals surface area contributed by atoms with E-state index in [1.807, 2.05) is 23.9 Å². The van der Waals surface area contributed by atoms with Gasteiger partial charge in [0.15, 0.2) is 0 Å². The van der Waals surface area contributed by atoms with E-state index in [2.05, 4.69) is 29.7 Å². The summed E-state index contributed by atoms with van der Waals surface area (Å²) in [4.78, 5) is 0. The van der Waals surface area contributed by atoms with Crippen molar-refractivity contribution in [2.45, 2.75) is 5.92 Å². The minimum Gasteiger partial charge on any atom is -0.133 e. The monoisotopic (exact) mass is 161 g/mol. The van der Waals surface area contributed by atoms with Crippen LogP contribution in [0.25, 0.3) is 0 Å². The minimum atomic E-state index is 0.598. The van der Waals surface area contributed by atoms with Crippen molar-refractivity contribution < 1.29 is 0 Å². The van der Waals surface area contributed by atoms with Gasteiger partial charge >= 0.3 is 0 Å². The molecule has 1 heterocycles. The standard InChI is InChI=1S/C10H9S/c1-2-4-9(5-3-1)10-6-7-11-8-10/h1-4,6-7,10H,8H2. The molecule has 1 radical (unpaired) electrons. The molecule has 0 bridgehead atoms. The Labute approximate surface area is 71.3 Å². The molecule has 11 heavy (non-hydrogen) atoms. The quantitative estimate of drug-likeness (QED) is 0.610. The van der Waals surface area contributed by atoms with Gasteiger partial charge in [-0.05, 0) is 17.0 Å². The third-order valence-corrected chi connectivity index (χ3v) is 2.72. The summed E-state index contributed by atoms with van der Waals surface area (Å²) in [6, 6.07) is 11.4. The topological polar surface area (TPSA) is 0 Å². The van der Waals surface area contributed by atoms with Crippen molar-refractivity contribution in [3.8, 4) is 0 Å². The van der Waals surface area contributed by atoms with Gasteiger partial charge in [0.25, 0.3) is 0 Å². The van der Waals surface area contributed by atoms with Crippen LogP contribution in [-0.4, -0.2) is 5.75 Å². The maximum absolute atomic E-state index is 3.25. The Morgan fingerprint density at radius 3 is 3.09 bits per heavy atom. The van der Waals surface area contributed by atoms with Crippen LogP contribution in [0.1, 0.15) is 11.5 Å². The van der Waals surface area contributed by atoms with Gasteiger partial charge in [0.05, 0.1) is 0 Å². The van der Waals surface area contributed by atoms with Gasteiger partial charge in [-0.15, -0.1) is 11.8 Å². The second kappa shape index (κ2) is 3.14. The summed E-state index contributed by atoms with van der Waals surface area (Å²) in [6.07, 6.45) is 2.25. The van der Waals surface area contributed by atoms with Gasteiger partial charge in [-0.2, -0.15) is 0 Å². The number of hydrogen-bond donors (Lipinski definition) is 0. The lowest BCUT2D eigenvalue weighted by molar-refractivity contribution is 0.997. The summed E-state index contributed by atoms with van der Waals surface area (Å²) < 4.78 is 0. The second-order valence-corrected chi connectivity index (χ2v) is 3.53. The predicted molar refractivity (Wildman–Crippen MR) is 49.6 cm³/mol. The first-order valence-electron chi connectivity index (χ1n) is 3.72. The molecular weight excluding hydrogens is 152 g/mol. The Hall–Kier alpha value is -0.690. The van der Waals surface area contributed by atoms with Crippen molar-refractivity contribution in [3.63, 3.8) is 0 Å². The largest absolute Gasteiger partial charge is 0.133 e. The van der Waals surface area contributed by atoms with Crippen molar-refractivity contribution in [2.75, 3.05) is 5.75 Å². The van der Waals surface area contributed by atoms with Crippen molar-refractivity contribution in [3.05, 3.63) is 47.4 Å². The van der Waals surface area contributed by atoms with Crippen molar-refractivity contribution in [1.82, 2.24) is 0 Å². The molecule has 0 nitrogen and oxygen atoms in total. The molecule has 1 unspecified atom stereocenters.